The van der Waals surface area contributed by atoms with Gasteiger partial charge in [0.1, 0.15) is 33.8 Å². The van der Waals surface area contributed by atoms with Crippen LogP contribution in [0.1, 0.15) is 19.4 Å². The number of alkyl halides is 5. The predicted octanol–water partition coefficient (Wildman–Crippen LogP) is 4.41. The van der Waals surface area contributed by atoms with E-state index in [2.05, 4.69) is 25.0 Å². The van der Waals surface area contributed by atoms with Crippen LogP contribution in [0.3, 0.4) is 0 Å². The number of amidine groups is 1. The van der Waals surface area contributed by atoms with E-state index in [0.717, 1.165) is 18.3 Å². The highest BCUT2D eigenvalue weighted by atomic mass is 35.5. The van der Waals surface area contributed by atoms with Gasteiger partial charge in [-0.05, 0) is 19.9 Å². The van der Waals surface area contributed by atoms with Crippen LogP contribution in [0, 0.1) is 5.82 Å². The molecule has 0 fully saturated rings. The first-order valence-electron chi connectivity index (χ1n) is 9.46. The number of amides is 1. The maximum Gasteiger partial charge on any atom is 0.424 e. The summed E-state index contributed by atoms with van der Waals surface area (Å²) >= 11 is 5.82. The van der Waals surface area contributed by atoms with Crippen molar-refractivity contribution in [3.05, 3.63) is 40.9 Å². The SMILES string of the molecule is CC1(c2cc(NC(=O)Oc3ncc(OC(F)F)cc3Cl)ncc2F)COC(C)(C(F)(F)F)C(N)=N1. The molecule has 1 aliphatic rings. The molecule has 190 valence electrons. The predicted molar refractivity (Wildman–Crippen MR) is 109 cm³/mol. The van der Waals surface area contributed by atoms with Gasteiger partial charge in [-0.1, -0.05) is 11.6 Å². The number of ether oxygens (including phenoxy) is 3. The van der Waals surface area contributed by atoms with E-state index in [0.29, 0.717) is 13.1 Å². The minimum absolute atomic E-state index is 0.278. The number of carbonyl (C=O) groups excluding carboxylic acids is 1. The van der Waals surface area contributed by atoms with E-state index in [-0.39, 0.29) is 22.2 Å². The number of aromatic nitrogens is 2. The van der Waals surface area contributed by atoms with Crippen LogP contribution in [0.2, 0.25) is 5.02 Å². The summed E-state index contributed by atoms with van der Waals surface area (Å²) in [5.41, 5.74) is 0.703. The Morgan fingerprint density at radius 3 is 2.51 bits per heavy atom. The molecule has 2 aromatic heterocycles. The van der Waals surface area contributed by atoms with E-state index in [1.54, 1.807) is 0 Å². The van der Waals surface area contributed by atoms with Crippen LogP contribution in [-0.4, -0.2) is 46.9 Å². The Morgan fingerprint density at radius 2 is 1.94 bits per heavy atom. The van der Waals surface area contributed by atoms with Gasteiger partial charge >= 0.3 is 18.9 Å². The third-order valence-corrected chi connectivity index (χ3v) is 5.17. The van der Waals surface area contributed by atoms with Crippen LogP contribution in [0.15, 0.2) is 29.5 Å². The van der Waals surface area contributed by atoms with Crippen molar-refractivity contribution in [2.75, 3.05) is 11.9 Å². The molecule has 1 aliphatic heterocycles. The maximum atomic E-state index is 14.5. The summed E-state index contributed by atoms with van der Waals surface area (Å²) in [5, 5.41) is 1.81. The fourth-order valence-electron chi connectivity index (χ4n) is 2.92. The third kappa shape index (κ3) is 5.51. The summed E-state index contributed by atoms with van der Waals surface area (Å²) in [4.78, 5) is 23.3. The second-order valence-electron chi connectivity index (χ2n) is 7.49. The molecule has 3 N–H and O–H groups in total. The van der Waals surface area contributed by atoms with Gasteiger partial charge in [-0.15, -0.1) is 0 Å². The van der Waals surface area contributed by atoms with Crippen molar-refractivity contribution in [2.24, 2.45) is 10.7 Å². The zero-order valence-corrected chi connectivity index (χ0v) is 18.5. The molecule has 2 aromatic rings. The first-order valence-corrected chi connectivity index (χ1v) is 9.84. The monoisotopic (exact) mass is 527 g/mol. The van der Waals surface area contributed by atoms with Gasteiger partial charge in [0.15, 0.2) is 0 Å². The Balaban J connectivity index is 1.80. The standard InChI is InChI=1S/C19H16ClF6N5O4/c1-17(7-33-18(2,14(27)31-17)19(24,25)26)9-4-12(28-6-11(9)21)30-16(32)35-13-10(20)3-8(5-29-13)34-15(22)23/h3-6,15H,7H2,1-2H3,(H2,27,31)(H,28,30,32). The van der Waals surface area contributed by atoms with Crippen molar-refractivity contribution in [3.8, 4) is 11.6 Å². The number of nitrogens with one attached hydrogen (secondary N) is 1. The van der Waals surface area contributed by atoms with E-state index in [1.165, 1.54) is 6.92 Å². The highest BCUT2D eigenvalue weighted by Crippen LogP contribution is 2.41. The van der Waals surface area contributed by atoms with E-state index in [4.69, 9.17) is 26.8 Å². The quantitative estimate of drug-likeness (QED) is 0.553. The fourth-order valence-corrected chi connectivity index (χ4v) is 3.11. The van der Waals surface area contributed by atoms with Gasteiger partial charge in [0.25, 0.3) is 0 Å². The maximum absolute atomic E-state index is 14.5. The van der Waals surface area contributed by atoms with Crippen LogP contribution in [0.4, 0.5) is 37.0 Å². The summed E-state index contributed by atoms with van der Waals surface area (Å²) in [5.74, 6) is -3.00. The van der Waals surface area contributed by atoms with Crippen LogP contribution in [-0.2, 0) is 10.3 Å². The van der Waals surface area contributed by atoms with Gasteiger partial charge in [-0.3, -0.25) is 10.3 Å². The van der Waals surface area contributed by atoms with Gasteiger partial charge in [-0.2, -0.15) is 22.0 Å². The summed E-state index contributed by atoms with van der Waals surface area (Å²) in [6, 6.07) is 1.93. The van der Waals surface area contributed by atoms with Crippen molar-refractivity contribution in [2.45, 2.75) is 37.8 Å². The molecule has 0 spiro atoms. The molecule has 0 aromatic carbocycles. The average Bonchev–Trinajstić information content (AvgIpc) is 2.73. The van der Waals surface area contributed by atoms with E-state index in [1.807, 2.05) is 0 Å². The number of anilines is 1. The molecule has 0 aliphatic carbocycles. The molecule has 0 bridgehead atoms. The van der Waals surface area contributed by atoms with Crippen molar-refractivity contribution < 1.29 is 45.3 Å². The number of pyridine rings is 2. The Hall–Kier alpha value is -3.33. The lowest BCUT2D eigenvalue weighted by Crippen LogP contribution is -2.60. The molecule has 0 radical (unpaired) electrons. The lowest BCUT2D eigenvalue weighted by Gasteiger charge is -2.40. The third-order valence-electron chi connectivity index (χ3n) is 4.90. The molecule has 16 heteroatoms. The first kappa shape index (κ1) is 26.3. The minimum Gasteiger partial charge on any atom is -0.433 e. The molecule has 35 heavy (non-hydrogen) atoms. The lowest BCUT2D eigenvalue weighted by atomic mass is 9.90. The molecule has 0 saturated heterocycles. The normalized spacial score (nSPS) is 22.5. The number of halogens is 7. The Bertz CT molecular complexity index is 1170. The van der Waals surface area contributed by atoms with Crippen LogP contribution < -0.4 is 20.5 Å². The number of hydrogen-bond acceptors (Lipinski definition) is 8. The zero-order valence-electron chi connectivity index (χ0n) is 17.8. The molecule has 2 unspecified atom stereocenters. The van der Waals surface area contributed by atoms with Crippen molar-refractivity contribution in [1.82, 2.24) is 9.97 Å². The first-order chi connectivity index (χ1) is 16.1. The van der Waals surface area contributed by atoms with Crippen molar-refractivity contribution >= 4 is 29.3 Å². The van der Waals surface area contributed by atoms with Gasteiger partial charge in [0, 0.05) is 11.6 Å². The number of aliphatic imine (C=N–C) groups is 1. The summed E-state index contributed by atoms with van der Waals surface area (Å²) in [6.07, 6.45) is -4.55. The highest BCUT2D eigenvalue weighted by Gasteiger charge is 2.59. The molecule has 9 nitrogen and oxygen atoms in total. The van der Waals surface area contributed by atoms with Gasteiger partial charge in [-0.25, -0.2) is 19.2 Å². The van der Waals surface area contributed by atoms with Crippen molar-refractivity contribution in [3.63, 3.8) is 0 Å². The van der Waals surface area contributed by atoms with Crippen LogP contribution >= 0.6 is 11.6 Å². The molecule has 2 atom stereocenters. The number of nitrogens with two attached hydrogens (primary N) is 1. The molecule has 1 amide bonds. The van der Waals surface area contributed by atoms with Crippen LogP contribution in [0.5, 0.6) is 11.6 Å². The Labute approximate surface area is 198 Å². The lowest BCUT2D eigenvalue weighted by molar-refractivity contribution is -0.249. The zero-order chi connectivity index (χ0) is 26.2. The molecule has 0 saturated carbocycles. The smallest absolute Gasteiger partial charge is 0.424 e. The number of hydrogen-bond donors (Lipinski definition) is 2. The number of nitrogens with zero attached hydrogens (tertiary/aromatic N) is 3. The summed E-state index contributed by atoms with van der Waals surface area (Å²) < 4.78 is 92.9. The van der Waals surface area contributed by atoms with Gasteiger partial charge in [0.2, 0.25) is 11.5 Å². The van der Waals surface area contributed by atoms with Gasteiger partial charge in [0.05, 0.1) is 19.0 Å². The largest absolute Gasteiger partial charge is 0.433 e. The minimum atomic E-state index is -4.87. The van der Waals surface area contributed by atoms with E-state index >= 15 is 0 Å². The highest BCUT2D eigenvalue weighted by molar-refractivity contribution is 6.32. The van der Waals surface area contributed by atoms with Gasteiger partial charge < -0.3 is 19.9 Å². The molecule has 3 rings (SSSR count). The Kier molecular flexibility index (Phi) is 7.04. The van der Waals surface area contributed by atoms with E-state index < -0.39 is 54.2 Å². The second-order valence-corrected chi connectivity index (χ2v) is 7.90. The topological polar surface area (TPSA) is 121 Å². The summed E-state index contributed by atoms with van der Waals surface area (Å²) in [6.45, 7) is -1.84. The number of carbonyl (C=O) groups is 1. The Morgan fingerprint density at radius 1 is 1.26 bits per heavy atom. The summed E-state index contributed by atoms with van der Waals surface area (Å²) in [7, 11) is 0. The van der Waals surface area contributed by atoms with E-state index in [9.17, 15) is 31.1 Å². The molecular weight excluding hydrogens is 512 g/mol. The number of rotatable bonds is 5. The second kappa shape index (κ2) is 9.37. The fraction of sp³-hybridized carbons (Fsp3) is 0.368. The molecule has 3 heterocycles. The van der Waals surface area contributed by atoms with Crippen molar-refractivity contribution in [1.29, 1.82) is 0 Å². The molecular formula is C19H16ClF6N5O4. The average molecular weight is 528 g/mol. The van der Waals surface area contributed by atoms with Crippen LogP contribution in [0.25, 0.3) is 0 Å².